The van der Waals surface area contributed by atoms with Crippen LogP contribution in [0.3, 0.4) is 0 Å². The molecule has 0 aliphatic heterocycles. The van der Waals surface area contributed by atoms with Gasteiger partial charge in [-0.25, -0.2) is 9.50 Å². The van der Waals surface area contributed by atoms with E-state index in [2.05, 4.69) is 21.5 Å². The van der Waals surface area contributed by atoms with Crippen LogP contribution in [0.5, 0.6) is 0 Å². The molecule has 0 atom stereocenters. The highest BCUT2D eigenvalue weighted by atomic mass is 35.5. The zero-order valence-electron chi connectivity index (χ0n) is 10.4. The molecule has 0 saturated carbocycles. The predicted octanol–water partition coefficient (Wildman–Crippen LogP) is 4.04. The van der Waals surface area contributed by atoms with Crippen molar-refractivity contribution in [3.8, 4) is 10.4 Å². The maximum Gasteiger partial charge on any atom is 0.164 e. The Hall–Kier alpha value is -1.39. The van der Waals surface area contributed by atoms with Gasteiger partial charge in [0.05, 0.1) is 27.7 Å². The van der Waals surface area contributed by atoms with Crippen LogP contribution >= 0.6 is 22.9 Å². The van der Waals surface area contributed by atoms with Crippen molar-refractivity contribution in [2.24, 2.45) is 0 Å². The van der Waals surface area contributed by atoms with E-state index in [4.69, 9.17) is 11.6 Å². The number of aryl methyl sites for hydroxylation is 3. The Labute approximate surface area is 114 Å². The fraction of sp³-hybridized carbons (Fsp3) is 0.231. The third kappa shape index (κ3) is 1.56. The maximum absolute atomic E-state index is 6.22. The molecule has 3 aromatic heterocycles. The lowest BCUT2D eigenvalue weighted by Gasteiger charge is -2.05. The number of halogens is 1. The van der Waals surface area contributed by atoms with Gasteiger partial charge in [0.1, 0.15) is 0 Å². The molecule has 3 heterocycles. The van der Waals surface area contributed by atoms with Gasteiger partial charge in [0.15, 0.2) is 5.65 Å². The first kappa shape index (κ1) is 11.7. The van der Waals surface area contributed by atoms with Crippen LogP contribution in [0.1, 0.15) is 17.1 Å². The number of nitrogens with zero attached hydrogens (tertiary/aromatic N) is 3. The molecule has 0 radical (unpaired) electrons. The molecule has 0 amide bonds. The lowest BCUT2D eigenvalue weighted by molar-refractivity contribution is 0.870. The quantitative estimate of drug-likeness (QED) is 0.672. The van der Waals surface area contributed by atoms with Gasteiger partial charge in [0, 0.05) is 4.88 Å². The van der Waals surface area contributed by atoms with E-state index in [0.29, 0.717) is 5.02 Å². The fourth-order valence-electron chi connectivity index (χ4n) is 2.12. The molecule has 3 rings (SSSR count). The summed E-state index contributed by atoms with van der Waals surface area (Å²) in [5.74, 6) is 0. The van der Waals surface area contributed by atoms with Crippen molar-refractivity contribution in [3.63, 3.8) is 0 Å². The molecule has 5 heteroatoms. The smallest absolute Gasteiger partial charge is 0.164 e. The summed E-state index contributed by atoms with van der Waals surface area (Å²) in [6.45, 7) is 5.90. The van der Waals surface area contributed by atoms with Crippen molar-refractivity contribution < 1.29 is 0 Å². The van der Waals surface area contributed by atoms with Crippen LogP contribution < -0.4 is 0 Å². The molecular formula is C13H12ClN3S. The molecule has 0 bridgehead atoms. The summed E-state index contributed by atoms with van der Waals surface area (Å²) in [6.07, 6.45) is 0. The minimum Gasteiger partial charge on any atom is -0.232 e. The highest BCUT2D eigenvalue weighted by Crippen LogP contribution is 2.32. The first-order valence-electron chi connectivity index (χ1n) is 5.65. The Morgan fingerprint density at radius 2 is 2.00 bits per heavy atom. The van der Waals surface area contributed by atoms with Gasteiger partial charge < -0.3 is 0 Å². The minimum atomic E-state index is 0.683. The lowest BCUT2D eigenvalue weighted by atomic mass is 10.2. The Balaban J connectivity index is 2.44. The predicted molar refractivity (Wildman–Crippen MR) is 75.5 cm³/mol. The molecule has 0 aliphatic rings. The summed E-state index contributed by atoms with van der Waals surface area (Å²) in [5.41, 5.74) is 4.75. The van der Waals surface area contributed by atoms with Crippen molar-refractivity contribution in [2.75, 3.05) is 0 Å². The van der Waals surface area contributed by atoms with Gasteiger partial charge in [0.2, 0.25) is 0 Å². The molecule has 0 unspecified atom stereocenters. The maximum atomic E-state index is 6.22. The molecule has 0 saturated heterocycles. The topological polar surface area (TPSA) is 30.2 Å². The highest BCUT2D eigenvalue weighted by molar-refractivity contribution is 7.13. The Morgan fingerprint density at radius 1 is 1.22 bits per heavy atom. The number of aromatic nitrogens is 3. The molecule has 0 fully saturated rings. The molecule has 0 N–H and O–H groups in total. The van der Waals surface area contributed by atoms with Crippen LogP contribution in [0.25, 0.3) is 16.1 Å². The van der Waals surface area contributed by atoms with E-state index in [0.717, 1.165) is 28.3 Å². The van der Waals surface area contributed by atoms with Crippen LogP contribution in [-0.2, 0) is 0 Å². The van der Waals surface area contributed by atoms with Crippen LogP contribution in [0.4, 0.5) is 0 Å². The summed E-state index contributed by atoms with van der Waals surface area (Å²) < 4.78 is 1.83. The first-order chi connectivity index (χ1) is 8.59. The van der Waals surface area contributed by atoms with Gasteiger partial charge in [-0.15, -0.1) is 11.3 Å². The average molecular weight is 278 g/mol. The molecule has 0 spiro atoms. The zero-order valence-corrected chi connectivity index (χ0v) is 11.9. The molecule has 0 aromatic carbocycles. The SMILES string of the molecule is Cc1nc2c(-c3cccs3)c(C)nn2c(C)c1Cl. The molecule has 3 nitrogen and oxygen atoms in total. The summed E-state index contributed by atoms with van der Waals surface area (Å²) in [6, 6.07) is 4.13. The summed E-state index contributed by atoms with van der Waals surface area (Å²) >= 11 is 7.92. The number of fused-ring (bicyclic) bond motifs is 1. The summed E-state index contributed by atoms with van der Waals surface area (Å²) in [4.78, 5) is 5.78. The first-order valence-corrected chi connectivity index (χ1v) is 6.91. The van der Waals surface area contributed by atoms with Crippen molar-refractivity contribution >= 4 is 28.6 Å². The van der Waals surface area contributed by atoms with E-state index in [1.807, 2.05) is 31.4 Å². The zero-order chi connectivity index (χ0) is 12.9. The lowest BCUT2D eigenvalue weighted by Crippen LogP contribution is -1.99. The number of thiophene rings is 1. The van der Waals surface area contributed by atoms with Gasteiger partial charge in [-0.05, 0) is 32.2 Å². The molecule has 92 valence electrons. The van der Waals surface area contributed by atoms with E-state index in [9.17, 15) is 0 Å². The van der Waals surface area contributed by atoms with Crippen molar-refractivity contribution in [1.82, 2.24) is 14.6 Å². The van der Waals surface area contributed by atoms with E-state index >= 15 is 0 Å². The van der Waals surface area contributed by atoms with E-state index in [1.54, 1.807) is 11.3 Å². The van der Waals surface area contributed by atoms with Gasteiger partial charge in [-0.1, -0.05) is 17.7 Å². The third-order valence-corrected chi connectivity index (χ3v) is 4.46. The fourth-order valence-corrected chi connectivity index (χ4v) is 3.06. The Morgan fingerprint density at radius 3 is 2.67 bits per heavy atom. The standard InChI is InChI=1S/C13H12ClN3S/c1-7-11(10-5-4-6-18-10)13-15-8(2)12(14)9(3)17(13)16-7/h4-6H,1-3H3. The van der Waals surface area contributed by atoms with E-state index < -0.39 is 0 Å². The van der Waals surface area contributed by atoms with Crippen molar-refractivity contribution in [2.45, 2.75) is 20.8 Å². The third-order valence-electron chi connectivity index (χ3n) is 3.03. The second-order valence-electron chi connectivity index (χ2n) is 4.27. The van der Waals surface area contributed by atoms with E-state index in [-0.39, 0.29) is 0 Å². The Kier molecular flexibility index (Phi) is 2.64. The largest absolute Gasteiger partial charge is 0.232 e. The number of rotatable bonds is 1. The number of hydrogen-bond acceptors (Lipinski definition) is 3. The van der Waals surface area contributed by atoms with Crippen molar-refractivity contribution in [1.29, 1.82) is 0 Å². The normalized spacial score (nSPS) is 11.3. The van der Waals surface area contributed by atoms with Gasteiger partial charge in [0.25, 0.3) is 0 Å². The van der Waals surface area contributed by atoms with E-state index in [1.165, 1.54) is 4.88 Å². The average Bonchev–Trinajstić information content (AvgIpc) is 2.94. The van der Waals surface area contributed by atoms with Crippen LogP contribution in [0, 0.1) is 20.8 Å². The summed E-state index contributed by atoms with van der Waals surface area (Å²) in [7, 11) is 0. The molecule has 18 heavy (non-hydrogen) atoms. The second kappa shape index (κ2) is 4.07. The molecule has 0 aliphatic carbocycles. The highest BCUT2D eigenvalue weighted by Gasteiger charge is 2.17. The monoisotopic (exact) mass is 277 g/mol. The minimum absolute atomic E-state index is 0.683. The number of hydrogen-bond donors (Lipinski definition) is 0. The summed E-state index contributed by atoms with van der Waals surface area (Å²) in [5, 5.41) is 7.29. The van der Waals surface area contributed by atoms with Crippen LogP contribution in [0.2, 0.25) is 5.02 Å². The van der Waals surface area contributed by atoms with Gasteiger partial charge in [-0.2, -0.15) is 5.10 Å². The van der Waals surface area contributed by atoms with Crippen LogP contribution in [0.15, 0.2) is 17.5 Å². The second-order valence-corrected chi connectivity index (χ2v) is 5.60. The van der Waals surface area contributed by atoms with Gasteiger partial charge in [-0.3, -0.25) is 0 Å². The van der Waals surface area contributed by atoms with Crippen molar-refractivity contribution in [3.05, 3.63) is 39.6 Å². The molecule has 3 aromatic rings. The van der Waals surface area contributed by atoms with Crippen LogP contribution in [-0.4, -0.2) is 14.6 Å². The molecular weight excluding hydrogens is 266 g/mol. The van der Waals surface area contributed by atoms with Gasteiger partial charge >= 0.3 is 0 Å². The Bertz CT molecular complexity index is 729.